The Bertz CT molecular complexity index is 1210. The van der Waals surface area contributed by atoms with Crippen molar-refractivity contribution in [1.82, 2.24) is 4.98 Å². The van der Waals surface area contributed by atoms with Gasteiger partial charge in [0.1, 0.15) is 0 Å². The number of aromatic nitrogens is 1. The van der Waals surface area contributed by atoms with Crippen LogP contribution in [-0.2, 0) is 10.2 Å². The number of amides is 1. The summed E-state index contributed by atoms with van der Waals surface area (Å²) in [6.07, 6.45) is 3.79. The molecule has 1 saturated carbocycles. The van der Waals surface area contributed by atoms with Crippen LogP contribution < -0.4 is 10.1 Å². The number of nitrogens with zero attached hydrogens (tertiary/aromatic N) is 1. The van der Waals surface area contributed by atoms with Gasteiger partial charge in [-0.25, -0.2) is 4.98 Å². The summed E-state index contributed by atoms with van der Waals surface area (Å²) in [7, 11) is 1.56. The molecule has 5 rings (SSSR count). The summed E-state index contributed by atoms with van der Waals surface area (Å²) < 4.78 is 5.18. The second kappa shape index (κ2) is 7.52. The summed E-state index contributed by atoms with van der Waals surface area (Å²) in [6.45, 7) is 0.173. The predicted molar refractivity (Wildman–Crippen MR) is 122 cm³/mol. The van der Waals surface area contributed by atoms with Gasteiger partial charge in [0, 0.05) is 22.6 Å². The number of pyridine rings is 1. The fourth-order valence-corrected chi connectivity index (χ4v) is 4.31. The summed E-state index contributed by atoms with van der Waals surface area (Å²) >= 11 is 6.57. The lowest BCUT2D eigenvalue weighted by molar-refractivity contribution is -0.110. The van der Waals surface area contributed by atoms with Crippen molar-refractivity contribution < 1.29 is 14.6 Å². The van der Waals surface area contributed by atoms with Crippen LogP contribution in [0.1, 0.15) is 29.7 Å². The molecule has 0 atom stereocenters. The van der Waals surface area contributed by atoms with Crippen LogP contribution in [0.15, 0.2) is 54.6 Å². The highest BCUT2D eigenvalue weighted by Gasteiger charge is 2.43. The van der Waals surface area contributed by atoms with E-state index in [1.54, 1.807) is 25.3 Å². The number of fused-ring (bicyclic) bond motifs is 1. The summed E-state index contributed by atoms with van der Waals surface area (Å²) in [5, 5.41) is 13.1. The molecule has 1 aliphatic carbocycles. The molecule has 156 valence electrons. The highest BCUT2D eigenvalue weighted by molar-refractivity contribution is 6.38. The number of carbonyl (C=O) groups excluding carboxylic acids is 1. The maximum atomic E-state index is 12.6. The number of carbonyl (C=O) groups is 1. The van der Waals surface area contributed by atoms with Crippen molar-refractivity contribution in [2.45, 2.75) is 18.3 Å². The molecule has 6 heteroatoms. The van der Waals surface area contributed by atoms with Crippen LogP contribution in [0.5, 0.6) is 5.88 Å². The monoisotopic (exact) mass is 432 g/mol. The first kappa shape index (κ1) is 19.8. The Balaban J connectivity index is 1.54. The molecule has 0 radical (unpaired) electrons. The first-order chi connectivity index (χ1) is 15.0. The molecule has 2 heterocycles. The number of hydrogen-bond donors (Lipinski definition) is 2. The van der Waals surface area contributed by atoms with Crippen molar-refractivity contribution in [2.75, 3.05) is 19.0 Å². The van der Waals surface area contributed by atoms with Crippen molar-refractivity contribution in [3.05, 3.63) is 76.4 Å². The normalized spacial score (nSPS) is 17.4. The quantitative estimate of drug-likeness (QED) is 0.561. The van der Waals surface area contributed by atoms with Crippen LogP contribution >= 0.6 is 11.6 Å². The summed E-state index contributed by atoms with van der Waals surface area (Å²) in [5.41, 5.74) is 5.52. The third kappa shape index (κ3) is 3.50. The Kier molecular flexibility index (Phi) is 4.80. The van der Waals surface area contributed by atoms with Gasteiger partial charge in [0.15, 0.2) is 0 Å². The van der Waals surface area contributed by atoms with E-state index in [9.17, 15) is 9.90 Å². The van der Waals surface area contributed by atoms with Crippen LogP contribution in [-0.4, -0.2) is 29.7 Å². The second-order valence-electron chi connectivity index (χ2n) is 8.01. The number of ether oxygens (including phenoxy) is 1. The molecular weight excluding hydrogens is 412 g/mol. The Morgan fingerprint density at radius 3 is 2.61 bits per heavy atom. The number of hydrogen-bond acceptors (Lipinski definition) is 4. The molecule has 0 spiro atoms. The van der Waals surface area contributed by atoms with E-state index in [4.69, 9.17) is 16.3 Å². The molecule has 3 aromatic rings. The van der Waals surface area contributed by atoms with E-state index < -0.39 is 0 Å². The SMILES string of the molecule is COc1cccc(/C=C2\C(=O)Nc3cc(Cl)c(-c4ccc(C5(CO)CC5)cc4)cc32)n1. The van der Waals surface area contributed by atoms with Crippen molar-refractivity contribution >= 4 is 34.8 Å². The topological polar surface area (TPSA) is 71.5 Å². The first-order valence-electron chi connectivity index (χ1n) is 10.1. The Morgan fingerprint density at radius 1 is 1.16 bits per heavy atom. The second-order valence-corrected chi connectivity index (χ2v) is 8.42. The summed E-state index contributed by atoms with van der Waals surface area (Å²) in [5.74, 6) is 0.294. The number of aliphatic hydroxyl groups excluding tert-OH is 1. The van der Waals surface area contributed by atoms with Gasteiger partial charge < -0.3 is 15.2 Å². The maximum absolute atomic E-state index is 12.6. The molecule has 1 amide bonds. The van der Waals surface area contributed by atoms with E-state index in [2.05, 4.69) is 22.4 Å². The van der Waals surface area contributed by atoms with E-state index >= 15 is 0 Å². The number of aliphatic hydroxyl groups is 1. The van der Waals surface area contributed by atoms with E-state index in [-0.39, 0.29) is 17.9 Å². The minimum atomic E-state index is -0.193. The largest absolute Gasteiger partial charge is 0.481 e. The zero-order chi connectivity index (χ0) is 21.6. The minimum absolute atomic E-state index is 0.0732. The summed E-state index contributed by atoms with van der Waals surface area (Å²) in [6, 6.07) is 17.3. The lowest BCUT2D eigenvalue weighted by atomic mass is 9.93. The van der Waals surface area contributed by atoms with Crippen molar-refractivity contribution in [3.8, 4) is 17.0 Å². The number of methoxy groups -OCH3 is 1. The van der Waals surface area contributed by atoms with Crippen LogP contribution in [0.3, 0.4) is 0 Å². The minimum Gasteiger partial charge on any atom is -0.481 e. The Hall–Kier alpha value is -3.15. The highest BCUT2D eigenvalue weighted by Crippen LogP contribution is 2.48. The van der Waals surface area contributed by atoms with Gasteiger partial charge in [0.25, 0.3) is 5.91 Å². The molecule has 0 unspecified atom stereocenters. The van der Waals surface area contributed by atoms with Crippen LogP contribution in [0.4, 0.5) is 5.69 Å². The van der Waals surface area contributed by atoms with Gasteiger partial charge in [-0.2, -0.15) is 0 Å². The molecule has 0 saturated heterocycles. The van der Waals surface area contributed by atoms with Crippen molar-refractivity contribution in [1.29, 1.82) is 0 Å². The fourth-order valence-electron chi connectivity index (χ4n) is 4.04. The van der Waals surface area contributed by atoms with E-state index in [0.717, 1.165) is 35.1 Å². The molecule has 2 N–H and O–H groups in total. The molecule has 31 heavy (non-hydrogen) atoms. The van der Waals surface area contributed by atoms with E-state index in [0.29, 0.717) is 27.9 Å². The molecule has 2 aromatic carbocycles. The molecule has 2 aliphatic rings. The smallest absolute Gasteiger partial charge is 0.256 e. The van der Waals surface area contributed by atoms with Gasteiger partial charge in [0.2, 0.25) is 5.88 Å². The molecule has 1 aliphatic heterocycles. The van der Waals surface area contributed by atoms with Gasteiger partial charge in [-0.05, 0) is 48.2 Å². The molecule has 0 bridgehead atoms. The van der Waals surface area contributed by atoms with E-state index in [1.165, 1.54) is 0 Å². The van der Waals surface area contributed by atoms with Crippen molar-refractivity contribution in [3.63, 3.8) is 0 Å². The van der Waals surface area contributed by atoms with Crippen LogP contribution in [0.25, 0.3) is 22.8 Å². The summed E-state index contributed by atoms with van der Waals surface area (Å²) in [4.78, 5) is 17.0. The Morgan fingerprint density at radius 2 is 1.94 bits per heavy atom. The predicted octanol–water partition coefficient (Wildman–Crippen LogP) is 4.93. The molecule has 1 fully saturated rings. The standard InChI is InChI=1S/C25H21ClN2O3/c1-31-23-4-2-3-17(27-23)11-20-19-12-18(21(26)13-22(19)28-24(20)30)15-5-7-16(8-6-15)25(14-29)9-10-25/h2-8,11-13,29H,9-10,14H2,1H3,(H,28,30)/b20-11-. The highest BCUT2D eigenvalue weighted by atomic mass is 35.5. The number of anilines is 1. The van der Waals surface area contributed by atoms with Crippen LogP contribution in [0.2, 0.25) is 5.02 Å². The maximum Gasteiger partial charge on any atom is 0.256 e. The molecule has 5 nitrogen and oxygen atoms in total. The van der Waals surface area contributed by atoms with Gasteiger partial charge in [0.05, 0.1) is 35.7 Å². The average molecular weight is 433 g/mol. The molecular formula is C25H21ClN2O3. The van der Waals surface area contributed by atoms with Crippen molar-refractivity contribution in [2.24, 2.45) is 0 Å². The van der Waals surface area contributed by atoms with Gasteiger partial charge in [-0.3, -0.25) is 4.79 Å². The fraction of sp³-hybridized carbons (Fsp3) is 0.200. The third-order valence-corrected chi connectivity index (χ3v) is 6.41. The lowest BCUT2D eigenvalue weighted by Gasteiger charge is -2.14. The van der Waals surface area contributed by atoms with Gasteiger partial charge in [-0.15, -0.1) is 0 Å². The zero-order valence-electron chi connectivity index (χ0n) is 17.0. The zero-order valence-corrected chi connectivity index (χ0v) is 17.7. The molecule has 1 aromatic heterocycles. The number of benzene rings is 2. The number of rotatable bonds is 5. The van der Waals surface area contributed by atoms with Gasteiger partial charge in [-0.1, -0.05) is 41.9 Å². The first-order valence-corrected chi connectivity index (χ1v) is 10.5. The average Bonchev–Trinajstić information content (AvgIpc) is 3.54. The van der Waals surface area contributed by atoms with E-state index in [1.807, 2.05) is 30.3 Å². The van der Waals surface area contributed by atoms with Gasteiger partial charge >= 0.3 is 0 Å². The lowest BCUT2D eigenvalue weighted by Crippen LogP contribution is -2.11. The Labute approximate surface area is 185 Å². The number of nitrogens with one attached hydrogen (secondary N) is 1. The number of halogens is 1. The van der Waals surface area contributed by atoms with Crippen LogP contribution in [0, 0.1) is 0 Å². The third-order valence-electron chi connectivity index (χ3n) is 6.10.